The van der Waals surface area contributed by atoms with Gasteiger partial charge in [-0.25, -0.2) is 0 Å². The molecule has 0 aromatic heterocycles. The Morgan fingerprint density at radius 1 is 1.04 bits per heavy atom. The normalized spacial score (nSPS) is 15.6. The van der Waals surface area contributed by atoms with Crippen LogP contribution in [0.1, 0.15) is 31.2 Å². The molecule has 1 amide bonds. The van der Waals surface area contributed by atoms with E-state index in [9.17, 15) is 4.79 Å². The summed E-state index contributed by atoms with van der Waals surface area (Å²) < 4.78 is 11.1. The number of amides is 1. The van der Waals surface area contributed by atoms with Gasteiger partial charge in [0.05, 0.1) is 7.11 Å². The van der Waals surface area contributed by atoms with E-state index >= 15 is 0 Å². The molecule has 4 heteroatoms. The zero-order valence-corrected chi connectivity index (χ0v) is 14.7. The van der Waals surface area contributed by atoms with Gasteiger partial charge < -0.3 is 14.8 Å². The molecule has 132 valence electrons. The van der Waals surface area contributed by atoms with Crippen molar-refractivity contribution in [1.29, 1.82) is 0 Å². The average molecular weight is 339 g/mol. The van der Waals surface area contributed by atoms with E-state index in [1.165, 1.54) is 18.4 Å². The van der Waals surface area contributed by atoms with Crippen LogP contribution in [0.15, 0.2) is 54.6 Å². The van der Waals surface area contributed by atoms with Crippen LogP contribution >= 0.6 is 0 Å². The number of hydrogen-bond donors (Lipinski definition) is 1. The second-order valence-electron chi connectivity index (χ2n) is 6.57. The highest BCUT2D eigenvalue weighted by Gasteiger charge is 2.37. The smallest absolute Gasteiger partial charge is 0.257 e. The fourth-order valence-corrected chi connectivity index (χ4v) is 3.66. The molecular formula is C21H25NO3. The van der Waals surface area contributed by atoms with Crippen LogP contribution in [0.3, 0.4) is 0 Å². The Kier molecular flexibility index (Phi) is 5.59. The van der Waals surface area contributed by atoms with Crippen LogP contribution < -0.4 is 14.8 Å². The molecule has 0 atom stereocenters. The van der Waals surface area contributed by atoms with Crippen molar-refractivity contribution in [2.45, 2.75) is 31.1 Å². The molecule has 1 N–H and O–H groups in total. The van der Waals surface area contributed by atoms with Crippen molar-refractivity contribution in [1.82, 2.24) is 5.32 Å². The molecule has 2 aromatic carbocycles. The predicted molar refractivity (Wildman–Crippen MR) is 98.1 cm³/mol. The molecule has 25 heavy (non-hydrogen) atoms. The summed E-state index contributed by atoms with van der Waals surface area (Å²) in [6, 6.07) is 17.5. The van der Waals surface area contributed by atoms with Gasteiger partial charge in [0.1, 0.15) is 11.5 Å². The quantitative estimate of drug-likeness (QED) is 0.837. The van der Waals surface area contributed by atoms with Crippen molar-refractivity contribution in [2.75, 3.05) is 20.3 Å². The number of rotatable bonds is 7. The van der Waals surface area contributed by atoms with Crippen LogP contribution in [-0.2, 0) is 10.2 Å². The van der Waals surface area contributed by atoms with Gasteiger partial charge in [0, 0.05) is 17.5 Å². The number of para-hydroxylation sites is 2. The molecule has 0 aliphatic heterocycles. The van der Waals surface area contributed by atoms with Gasteiger partial charge in [-0.3, -0.25) is 4.79 Å². The summed E-state index contributed by atoms with van der Waals surface area (Å²) in [7, 11) is 1.70. The lowest BCUT2D eigenvalue weighted by molar-refractivity contribution is -0.123. The summed E-state index contributed by atoms with van der Waals surface area (Å²) in [4.78, 5) is 12.2. The Bertz CT molecular complexity index is 693. The maximum atomic E-state index is 12.2. The first-order valence-corrected chi connectivity index (χ1v) is 8.82. The van der Waals surface area contributed by atoms with Crippen LogP contribution in [0.2, 0.25) is 0 Å². The lowest BCUT2D eigenvalue weighted by Crippen LogP contribution is -2.41. The highest BCUT2D eigenvalue weighted by atomic mass is 16.5. The molecule has 0 unspecified atom stereocenters. The largest absolute Gasteiger partial charge is 0.496 e. The Hall–Kier alpha value is -2.49. The first kappa shape index (κ1) is 17.3. The molecule has 0 bridgehead atoms. The van der Waals surface area contributed by atoms with Crippen molar-refractivity contribution in [3.05, 3.63) is 60.2 Å². The van der Waals surface area contributed by atoms with Crippen molar-refractivity contribution in [2.24, 2.45) is 0 Å². The molecule has 0 heterocycles. The van der Waals surface area contributed by atoms with E-state index in [4.69, 9.17) is 9.47 Å². The van der Waals surface area contributed by atoms with Crippen molar-refractivity contribution in [3.8, 4) is 11.5 Å². The van der Waals surface area contributed by atoms with Crippen LogP contribution in [0.4, 0.5) is 0 Å². The number of nitrogens with one attached hydrogen (secondary N) is 1. The van der Waals surface area contributed by atoms with E-state index in [1.54, 1.807) is 7.11 Å². The molecule has 4 nitrogen and oxygen atoms in total. The summed E-state index contributed by atoms with van der Waals surface area (Å²) >= 11 is 0. The first-order valence-electron chi connectivity index (χ1n) is 8.82. The van der Waals surface area contributed by atoms with Crippen LogP contribution in [0.5, 0.6) is 11.5 Å². The van der Waals surface area contributed by atoms with Crippen LogP contribution in [0, 0.1) is 0 Å². The maximum Gasteiger partial charge on any atom is 0.257 e. The number of methoxy groups -OCH3 is 1. The zero-order valence-electron chi connectivity index (χ0n) is 14.7. The molecule has 1 aliphatic carbocycles. The minimum Gasteiger partial charge on any atom is -0.496 e. The summed E-state index contributed by atoms with van der Waals surface area (Å²) in [6.45, 7) is 0.649. The van der Waals surface area contributed by atoms with Gasteiger partial charge in [-0.2, -0.15) is 0 Å². The molecule has 1 fully saturated rings. The number of ether oxygens (including phenoxy) is 2. The molecular weight excluding hydrogens is 314 g/mol. The number of carbonyl (C=O) groups is 1. The molecule has 0 spiro atoms. The minimum atomic E-state index is -0.0926. The SMILES string of the molecule is COc1ccccc1C1(CNC(=O)COc2ccccc2)CCCC1. The topological polar surface area (TPSA) is 47.6 Å². The summed E-state index contributed by atoms with van der Waals surface area (Å²) in [5.74, 6) is 1.52. The Morgan fingerprint density at radius 2 is 1.72 bits per heavy atom. The van der Waals surface area contributed by atoms with Gasteiger partial charge in [0.25, 0.3) is 5.91 Å². The molecule has 0 saturated heterocycles. The Morgan fingerprint density at radius 3 is 2.44 bits per heavy atom. The van der Waals surface area contributed by atoms with Gasteiger partial charge in [0.2, 0.25) is 0 Å². The van der Waals surface area contributed by atoms with E-state index in [1.807, 2.05) is 48.5 Å². The van der Waals surface area contributed by atoms with Gasteiger partial charge in [-0.1, -0.05) is 49.2 Å². The van der Waals surface area contributed by atoms with E-state index in [0.717, 1.165) is 18.6 Å². The highest BCUT2D eigenvalue weighted by molar-refractivity contribution is 5.77. The van der Waals surface area contributed by atoms with Gasteiger partial charge in [-0.05, 0) is 31.0 Å². The molecule has 1 aliphatic rings. The van der Waals surface area contributed by atoms with E-state index in [-0.39, 0.29) is 17.9 Å². The summed E-state index contributed by atoms with van der Waals surface area (Å²) in [6.07, 6.45) is 4.48. The van der Waals surface area contributed by atoms with Crippen molar-refractivity contribution >= 4 is 5.91 Å². The van der Waals surface area contributed by atoms with Gasteiger partial charge >= 0.3 is 0 Å². The molecule has 2 aromatic rings. The van der Waals surface area contributed by atoms with E-state index in [2.05, 4.69) is 11.4 Å². The standard InChI is InChI=1S/C21H25NO3/c1-24-19-12-6-5-11-18(19)21(13-7-8-14-21)16-22-20(23)15-25-17-9-3-2-4-10-17/h2-6,9-12H,7-8,13-16H2,1H3,(H,22,23). The molecule has 0 radical (unpaired) electrons. The van der Waals surface area contributed by atoms with Crippen molar-refractivity contribution < 1.29 is 14.3 Å². The number of carbonyl (C=O) groups excluding carboxylic acids is 1. The Labute approximate surface area is 149 Å². The second-order valence-corrected chi connectivity index (χ2v) is 6.57. The fourth-order valence-electron chi connectivity index (χ4n) is 3.66. The second kappa shape index (κ2) is 8.06. The third-order valence-corrected chi connectivity index (χ3v) is 4.98. The van der Waals surface area contributed by atoms with E-state index in [0.29, 0.717) is 12.3 Å². The lowest BCUT2D eigenvalue weighted by Gasteiger charge is -2.31. The lowest BCUT2D eigenvalue weighted by atomic mass is 9.78. The van der Waals surface area contributed by atoms with Crippen LogP contribution in [0.25, 0.3) is 0 Å². The summed E-state index contributed by atoms with van der Waals surface area (Å²) in [5.41, 5.74) is 1.15. The maximum absolute atomic E-state index is 12.2. The predicted octanol–water partition coefficient (Wildman–Crippen LogP) is 3.70. The highest BCUT2D eigenvalue weighted by Crippen LogP contribution is 2.44. The summed E-state index contributed by atoms with van der Waals surface area (Å²) in [5, 5.41) is 3.07. The third kappa shape index (κ3) is 4.13. The van der Waals surface area contributed by atoms with Gasteiger partial charge in [-0.15, -0.1) is 0 Å². The Balaban J connectivity index is 1.63. The first-order chi connectivity index (χ1) is 12.2. The monoisotopic (exact) mass is 339 g/mol. The number of hydrogen-bond acceptors (Lipinski definition) is 3. The van der Waals surface area contributed by atoms with Crippen molar-refractivity contribution in [3.63, 3.8) is 0 Å². The van der Waals surface area contributed by atoms with Crippen LogP contribution in [-0.4, -0.2) is 26.2 Å². The van der Waals surface area contributed by atoms with Gasteiger partial charge in [0.15, 0.2) is 6.61 Å². The third-order valence-electron chi connectivity index (χ3n) is 4.98. The average Bonchev–Trinajstić information content (AvgIpc) is 3.15. The minimum absolute atomic E-state index is 0.0337. The number of benzene rings is 2. The molecule has 3 rings (SSSR count). The molecule has 1 saturated carbocycles. The fraction of sp³-hybridized carbons (Fsp3) is 0.381. The van der Waals surface area contributed by atoms with E-state index < -0.39 is 0 Å². The zero-order chi connectivity index (χ0) is 17.5.